The van der Waals surface area contributed by atoms with Gasteiger partial charge in [0.05, 0.1) is 5.60 Å². The molecule has 2 aromatic rings. The van der Waals surface area contributed by atoms with E-state index in [-0.39, 0.29) is 0 Å². The van der Waals surface area contributed by atoms with Crippen LogP contribution in [0.25, 0.3) is 5.69 Å². The van der Waals surface area contributed by atoms with Crippen LogP contribution in [0, 0.1) is 0 Å². The highest BCUT2D eigenvalue weighted by Crippen LogP contribution is 2.41. The third kappa shape index (κ3) is 3.20. The SMILES string of the molecule is CCC(O)(CC)CSc1nnc(C2CC2)n1-c1ccccc1. The lowest BCUT2D eigenvalue weighted by Gasteiger charge is -2.24. The minimum absolute atomic E-state index is 0.540. The third-order valence-corrected chi connectivity index (χ3v) is 5.61. The molecule has 1 N–H and O–H groups in total. The van der Waals surface area contributed by atoms with Crippen molar-refractivity contribution < 1.29 is 5.11 Å². The van der Waals surface area contributed by atoms with Gasteiger partial charge in [-0.05, 0) is 37.8 Å². The maximum atomic E-state index is 10.5. The van der Waals surface area contributed by atoms with E-state index in [1.165, 1.54) is 12.8 Å². The lowest BCUT2D eigenvalue weighted by molar-refractivity contribution is 0.0571. The second-order valence-corrected chi connectivity index (χ2v) is 6.95. The van der Waals surface area contributed by atoms with E-state index in [2.05, 4.69) is 26.9 Å². The summed E-state index contributed by atoms with van der Waals surface area (Å²) in [5, 5.41) is 20.2. The Balaban J connectivity index is 1.88. The molecule has 0 aliphatic heterocycles. The lowest BCUT2D eigenvalue weighted by Crippen LogP contribution is -2.29. The van der Waals surface area contributed by atoms with E-state index in [0.717, 1.165) is 29.5 Å². The van der Waals surface area contributed by atoms with Crippen LogP contribution in [-0.4, -0.2) is 31.2 Å². The molecule has 1 aliphatic carbocycles. The number of thioether (sulfide) groups is 1. The summed E-state index contributed by atoms with van der Waals surface area (Å²) in [6.07, 6.45) is 3.91. The summed E-state index contributed by atoms with van der Waals surface area (Å²) in [6.45, 7) is 4.06. The van der Waals surface area contributed by atoms with Gasteiger partial charge in [-0.3, -0.25) is 4.57 Å². The number of rotatable bonds is 7. The molecular formula is C17H23N3OS. The van der Waals surface area contributed by atoms with Gasteiger partial charge < -0.3 is 5.11 Å². The average Bonchev–Trinajstić information content (AvgIpc) is 3.33. The van der Waals surface area contributed by atoms with Crippen molar-refractivity contribution in [3.63, 3.8) is 0 Å². The van der Waals surface area contributed by atoms with Gasteiger partial charge in [-0.25, -0.2) is 0 Å². The molecular weight excluding hydrogens is 294 g/mol. The fourth-order valence-electron chi connectivity index (χ4n) is 2.45. The minimum atomic E-state index is -0.627. The molecule has 4 nitrogen and oxygen atoms in total. The van der Waals surface area contributed by atoms with E-state index in [9.17, 15) is 5.11 Å². The summed E-state index contributed by atoms with van der Waals surface area (Å²) in [7, 11) is 0. The number of hydrogen-bond acceptors (Lipinski definition) is 4. The summed E-state index contributed by atoms with van der Waals surface area (Å²) >= 11 is 1.60. The van der Waals surface area contributed by atoms with Crippen molar-refractivity contribution in [1.82, 2.24) is 14.8 Å². The van der Waals surface area contributed by atoms with Crippen molar-refractivity contribution in [2.45, 2.75) is 56.2 Å². The van der Waals surface area contributed by atoms with Crippen LogP contribution in [0.4, 0.5) is 0 Å². The zero-order chi connectivity index (χ0) is 15.6. The predicted octanol–water partition coefficient (Wildman–Crippen LogP) is 3.79. The summed E-state index contributed by atoms with van der Waals surface area (Å²) < 4.78 is 2.16. The minimum Gasteiger partial charge on any atom is -0.389 e. The highest BCUT2D eigenvalue weighted by molar-refractivity contribution is 7.99. The van der Waals surface area contributed by atoms with Gasteiger partial charge in [-0.1, -0.05) is 43.8 Å². The summed E-state index contributed by atoms with van der Waals surface area (Å²) in [4.78, 5) is 0. The van der Waals surface area contributed by atoms with Gasteiger partial charge in [-0.2, -0.15) is 0 Å². The Labute approximate surface area is 136 Å². The van der Waals surface area contributed by atoms with E-state index >= 15 is 0 Å². The largest absolute Gasteiger partial charge is 0.389 e. The Hall–Kier alpha value is -1.33. The zero-order valence-electron chi connectivity index (χ0n) is 13.2. The molecule has 1 aromatic heterocycles. The van der Waals surface area contributed by atoms with Crippen LogP contribution in [0.2, 0.25) is 0 Å². The van der Waals surface area contributed by atoms with Crippen LogP contribution in [0.5, 0.6) is 0 Å². The molecule has 0 radical (unpaired) electrons. The quantitative estimate of drug-likeness (QED) is 0.789. The molecule has 1 aromatic carbocycles. The Morgan fingerprint density at radius 1 is 1.18 bits per heavy atom. The number of hydrogen-bond donors (Lipinski definition) is 1. The normalized spacial score (nSPS) is 15.2. The molecule has 0 bridgehead atoms. The van der Waals surface area contributed by atoms with Crippen LogP contribution >= 0.6 is 11.8 Å². The van der Waals surface area contributed by atoms with E-state index in [4.69, 9.17) is 0 Å². The van der Waals surface area contributed by atoms with Crippen LogP contribution < -0.4 is 0 Å². The third-order valence-electron chi connectivity index (χ3n) is 4.40. The molecule has 0 atom stereocenters. The first kappa shape index (κ1) is 15.6. The fraction of sp³-hybridized carbons (Fsp3) is 0.529. The predicted molar refractivity (Wildman–Crippen MR) is 89.6 cm³/mol. The van der Waals surface area contributed by atoms with Gasteiger partial charge in [-0.15, -0.1) is 10.2 Å². The molecule has 5 heteroatoms. The summed E-state index contributed by atoms with van der Waals surface area (Å²) in [5.41, 5.74) is 0.478. The summed E-state index contributed by atoms with van der Waals surface area (Å²) in [6, 6.07) is 10.3. The zero-order valence-corrected chi connectivity index (χ0v) is 14.0. The smallest absolute Gasteiger partial charge is 0.195 e. The Kier molecular flexibility index (Phi) is 4.54. The number of nitrogens with zero attached hydrogens (tertiary/aromatic N) is 3. The molecule has 0 spiro atoms. The lowest BCUT2D eigenvalue weighted by atomic mass is 10.0. The van der Waals surface area contributed by atoms with Gasteiger partial charge in [0.1, 0.15) is 5.82 Å². The highest BCUT2D eigenvalue weighted by atomic mass is 32.2. The fourth-order valence-corrected chi connectivity index (χ4v) is 3.69. The van der Waals surface area contributed by atoms with Crippen LogP contribution in [0.3, 0.4) is 0 Å². The van der Waals surface area contributed by atoms with Crippen molar-refractivity contribution in [2.75, 3.05) is 5.75 Å². The molecule has 1 fully saturated rings. The molecule has 118 valence electrons. The van der Waals surface area contributed by atoms with Crippen molar-refractivity contribution >= 4 is 11.8 Å². The van der Waals surface area contributed by atoms with Gasteiger partial charge in [0.2, 0.25) is 0 Å². The van der Waals surface area contributed by atoms with Crippen molar-refractivity contribution in [1.29, 1.82) is 0 Å². The standard InChI is InChI=1S/C17H23N3OS/c1-3-17(21,4-2)12-22-16-19-18-15(13-10-11-13)20(16)14-8-6-5-7-9-14/h5-9,13,21H,3-4,10-12H2,1-2H3. The Morgan fingerprint density at radius 2 is 1.86 bits per heavy atom. The van der Waals surface area contributed by atoms with Gasteiger partial charge in [0.25, 0.3) is 0 Å². The monoisotopic (exact) mass is 317 g/mol. The van der Waals surface area contributed by atoms with Gasteiger partial charge in [0.15, 0.2) is 5.16 Å². The first-order valence-corrected chi connectivity index (χ1v) is 9.01. The number of aliphatic hydroxyl groups is 1. The molecule has 1 saturated carbocycles. The molecule has 22 heavy (non-hydrogen) atoms. The Morgan fingerprint density at radius 3 is 2.45 bits per heavy atom. The number of aromatic nitrogens is 3. The average molecular weight is 317 g/mol. The van der Waals surface area contributed by atoms with E-state index in [0.29, 0.717) is 11.7 Å². The van der Waals surface area contributed by atoms with Crippen molar-refractivity contribution in [2.24, 2.45) is 0 Å². The van der Waals surface area contributed by atoms with E-state index in [1.807, 2.05) is 32.0 Å². The van der Waals surface area contributed by atoms with Crippen LogP contribution in [0.15, 0.2) is 35.5 Å². The van der Waals surface area contributed by atoms with Gasteiger partial charge >= 0.3 is 0 Å². The molecule has 1 aliphatic rings. The molecule has 0 unspecified atom stereocenters. The second-order valence-electron chi connectivity index (χ2n) is 6.01. The molecule has 0 amide bonds. The maximum Gasteiger partial charge on any atom is 0.195 e. The highest BCUT2D eigenvalue weighted by Gasteiger charge is 2.32. The first-order chi connectivity index (χ1) is 10.7. The molecule has 1 heterocycles. The van der Waals surface area contributed by atoms with Crippen LogP contribution in [-0.2, 0) is 0 Å². The summed E-state index contributed by atoms with van der Waals surface area (Å²) in [5.74, 6) is 2.25. The topological polar surface area (TPSA) is 50.9 Å². The maximum absolute atomic E-state index is 10.5. The number of benzene rings is 1. The Bertz CT molecular complexity index is 618. The van der Waals surface area contributed by atoms with Crippen molar-refractivity contribution in [3.8, 4) is 5.69 Å². The van der Waals surface area contributed by atoms with E-state index in [1.54, 1.807) is 11.8 Å². The molecule has 3 rings (SSSR count). The first-order valence-electron chi connectivity index (χ1n) is 8.03. The molecule has 0 saturated heterocycles. The van der Waals surface area contributed by atoms with Crippen molar-refractivity contribution in [3.05, 3.63) is 36.2 Å². The number of para-hydroxylation sites is 1. The van der Waals surface area contributed by atoms with Gasteiger partial charge in [0, 0.05) is 17.4 Å². The second kappa shape index (κ2) is 6.42. The van der Waals surface area contributed by atoms with E-state index < -0.39 is 5.60 Å². The van der Waals surface area contributed by atoms with Crippen LogP contribution in [0.1, 0.15) is 51.3 Å².